The second kappa shape index (κ2) is 5.69. The molecule has 1 aliphatic carbocycles. The zero-order valence-electron chi connectivity index (χ0n) is 10.2. The lowest BCUT2D eigenvalue weighted by Crippen LogP contribution is -2.37. The quantitative estimate of drug-likeness (QED) is 0.815. The van der Waals surface area contributed by atoms with E-state index in [1.54, 1.807) is 6.20 Å². The molecule has 2 rings (SSSR count). The molecule has 1 fully saturated rings. The number of pyridine rings is 1. The number of nitrogens with two attached hydrogens (primary N) is 1. The molecule has 94 valence electrons. The van der Waals surface area contributed by atoms with Crippen molar-refractivity contribution in [1.82, 2.24) is 4.98 Å². The Kier molecular flexibility index (Phi) is 4.24. The van der Waals surface area contributed by atoms with Crippen LogP contribution in [0.3, 0.4) is 0 Å². The maximum atomic E-state index is 6.13. The van der Waals surface area contributed by atoms with Crippen molar-refractivity contribution in [1.29, 1.82) is 0 Å². The Labute approximate surface area is 108 Å². The summed E-state index contributed by atoms with van der Waals surface area (Å²) in [5.74, 6) is 0.555. The molecule has 0 spiro atoms. The van der Waals surface area contributed by atoms with Gasteiger partial charge < -0.3 is 11.1 Å². The van der Waals surface area contributed by atoms with Crippen LogP contribution >= 0.6 is 11.6 Å². The minimum atomic E-state index is 0.439. The van der Waals surface area contributed by atoms with Gasteiger partial charge in [-0.15, -0.1) is 0 Å². The molecule has 1 heterocycles. The van der Waals surface area contributed by atoms with Crippen LogP contribution in [0.1, 0.15) is 31.2 Å². The molecule has 0 aromatic carbocycles. The molecule has 1 saturated carbocycles. The van der Waals surface area contributed by atoms with E-state index >= 15 is 0 Å². The van der Waals surface area contributed by atoms with E-state index in [0.29, 0.717) is 17.1 Å². The second-order valence-corrected chi connectivity index (χ2v) is 5.18. The summed E-state index contributed by atoms with van der Waals surface area (Å²) >= 11 is 6.13. The Morgan fingerprint density at radius 2 is 2.24 bits per heavy atom. The minimum Gasteiger partial charge on any atom is -0.379 e. The van der Waals surface area contributed by atoms with Crippen LogP contribution in [0.2, 0.25) is 5.15 Å². The molecule has 1 aromatic heterocycles. The number of hydrogen-bond donors (Lipinski definition) is 2. The minimum absolute atomic E-state index is 0.439. The Balaban J connectivity index is 2.13. The monoisotopic (exact) mass is 253 g/mol. The van der Waals surface area contributed by atoms with E-state index in [1.165, 1.54) is 25.7 Å². The summed E-state index contributed by atoms with van der Waals surface area (Å²) in [5.41, 5.74) is 7.95. The number of aryl methyl sites for hydroxylation is 1. The fourth-order valence-electron chi connectivity index (χ4n) is 2.56. The van der Waals surface area contributed by atoms with E-state index in [1.807, 2.05) is 6.07 Å². The molecule has 0 radical (unpaired) electrons. The molecule has 4 heteroatoms. The van der Waals surface area contributed by atoms with Gasteiger partial charge in [0.25, 0.3) is 0 Å². The van der Waals surface area contributed by atoms with Gasteiger partial charge in [-0.1, -0.05) is 24.4 Å². The molecule has 2 unspecified atom stereocenters. The highest BCUT2D eigenvalue weighted by molar-refractivity contribution is 6.32. The summed E-state index contributed by atoms with van der Waals surface area (Å²) < 4.78 is 0. The molecule has 3 nitrogen and oxygen atoms in total. The van der Waals surface area contributed by atoms with Gasteiger partial charge >= 0.3 is 0 Å². The number of rotatable bonds is 3. The third-order valence-electron chi connectivity index (χ3n) is 3.65. The number of anilines is 1. The summed E-state index contributed by atoms with van der Waals surface area (Å²) in [7, 11) is 0. The molecule has 17 heavy (non-hydrogen) atoms. The summed E-state index contributed by atoms with van der Waals surface area (Å²) in [6, 6.07) is 2.42. The first-order valence-electron chi connectivity index (χ1n) is 6.30. The van der Waals surface area contributed by atoms with Crippen LogP contribution < -0.4 is 11.1 Å². The molecule has 3 N–H and O–H groups in total. The van der Waals surface area contributed by atoms with Gasteiger partial charge in [-0.3, -0.25) is 0 Å². The third kappa shape index (κ3) is 2.90. The number of hydrogen-bond acceptors (Lipinski definition) is 3. The lowest BCUT2D eigenvalue weighted by atomic mass is 9.84. The Hall–Kier alpha value is -0.800. The lowest BCUT2D eigenvalue weighted by molar-refractivity contribution is 0.332. The van der Waals surface area contributed by atoms with Crippen LogP contribution in [-0.4, -0.2) is 17.6 Å². The Morgan fingerprint density at radius 3 is 2.94 bits per heavy atom. The molecule has 1 aromatic rings. The number of nitrogens with one attached hydrogen (secondary N) is 1. The first kappa shape index (κ1) is 12.7. The van der Waals surface area contributed by atoms with Gasteiger partial charge in [-0.05, 0) is 43.9 Å². The van der Waals surface area contributed by atoms with Crippen LogP contribution in [0.25, 0.3) is 0 Å². The Bertz CT molecular complexity index is 361. The van der Waals surface area contributed by atoms with Crippen molar-refractivity contribution in [3.05, 3.63) is 23.0 Å². The molecule has 0 saturated heterocycles. The van der Waals surface area contributed by atoms with Gasteiger partial charge in [0.1, 0.15) is 0 Å². The number of aromatic nitrogens is 1. The zero-order valence-corrected chi connectivity index (χ0v) is 11.0. The predicted octanol–water partition coefficient (Wildman–Crippen LogP) is 2.97. The largest absolute Gasteiger partial charge is 0.379 e. The molecule has 2 atom stereocenters. The summed E-state index contributed by atoms with van der Waals surface area (Å²) in [6.45, 7) is 2.80. The number of nitrogens with zero attached hydrogens (tertiary/aromatic N) is 1. The van der Waals surface area contributed by atoms with E-state index in [9.17, 15) is 0 Å². The van der Waals surface area contributed by atoms with Crippen molar-refractivity contribution in [2.45, 2.75) is 38.6 Å². The maximum absolute atomic E-state index is 6.13. The van der Waals surface area contributed by atoms with Crippen molar-refractivity contribution in [3.63, 3.8) is 0 Å². The second-order valence-electron chi connectivity index (χ2n) is 4.82. The highest BCUT2D eigenvalue weighted by atomic mass is 35.5. The van der Waals surface area contributed by atoms with Crippen molar-refractivity contribution in [3.8, 4) is 0 Å². The standard InChI is InChI=1S/C13H20ClN3/c1-9-6-7-16-13(14)12(9)17-11-5-3-2-4-10(11)8-15/h6-7,10-11,17H,2-5,8,15H2,1H3. The first-order valence-corrected chi connectivity index (χ1v) is 6.68. The molecular formula is C13H20ClN3. The van der Waals surface area contributed by atoms with Gasteiger partial charge in [-0.25, -0.2) is 4.98 Å². The van der Waals surface area contributed by atoms with Gasteiger partial charge in [0, 0.05) is 12.2 Å². The summed E-state index contributed by atoms with van der Waals surface area (Å²) in [5, 5.41) is 4.11. The highest BCUT2D eigenvalue weighted by Gasteiger charge is 2.24. The van der Waals surface area contributed by atoms with Crippen LogP contribution in [0, 0.1) is 12.8 Å². The average Bonchev–Trinajstić information content (AvgIpc) is 2.34. The topological polar surface area (TPSA) is 50.9 Å². The van der Waals surface area contributed by atoms with Crippen LogP contribution in [0.15, 0.2) is 12.3 Å². The Morgan fingerprint density at radius 1 is 1.47 bits per heavy atom. The lowest BCUT2D eigenvalue weighted by Gasteiger charge is -2.32. The fraction of sp³-hybridized carbons (Fsp3) is 0.615. The van der Waals surface area contributed by atoms with Gasteiger partial charge in [0.05, 0.1) is 5.69 Å². The fourth-order valence-corrected chi connectivity index (χ4v) is 2.82. The van der Waals surface area contributed by atoms with Gasteiger partial charge in [-0.2, -0.15) is 0 Å². The highest BCUT2D eigenvalue weighted by Crippen LogP contribution is 2.30. The zero-order chi connectivity index (χ0) is 12.3. The van der Waals surface area contributed by atoms with Gasteiger partial charge in [0.2, 0.25) is 0 Å². The van der Waals surface area contributed by atoms with E-state index in [4.69, 9.17) is 17.3 Å². The average molecular weight is 254 g/mol. The van der Waals surface area contributed by atoms with E-state index in [2.05, 4.69) is 17.2 Å². The van der Waals surface area contributed by atoms with E-state index < -0.39 is 0 Å². The summed E-state index contributed by atoms with van der Waals surface area (Å²) in [6.07, 6.45) is 6.69. The molecular weight excluding hydrogens is 234 g/mol. The normalized spacial score (nSPS) is 24.6. The van der Waals surface area contributed by atoms with Crippen molar-refractivity contribution in [2.75, 3.05) is 11.9 Å². The predicted molar refractivity (Wildman–Crippen MR) is 72.4 cm³/mol. The van der Waals surface area contributed by atoms with Crippen LogP contribution in [0.5, 0.6) is 0 Å². The molecule has 0 bridgehead atoms. The smallest absolute Gasteiger partial charge is 0.152 e. The number of halogens is 1. The van der Waals surface area contributed by atoms with Crippen molar-refractivity contribution >= 4 is 17.3 Å². The summed E-state index contributed by atoms with van der Waals surface area (Å²) in [4.78, 5) is 4.13. The van der Waals surface area contributed by atoms with Crippen LogP contribution in [-0.2, 0) is 0 Å². The van der Waals surface area contributed by atoms with E-state index in [-0.39, 0.29) is 0 Å². The SMILES string of the molecule is Cc1ccnc(Cl)c1NC1CCCCC1CN. The van der Waals surface area contributed by atoms with Crippen molar-refractivity contribution in [2.24, 2.45) is 11.7 Å². The van der Waals surface area contributed by atoms with Crippen LogP contribution in [0.4, 0.5) is 5.69 Å². The molecule has 0 aliphatic heterocycles. The maximum Gasteiger partial charge on any atom is 0.152 e. The van der Waals surface area contributed by atoms with Crippen molar-refractivity contribution < 1.29 is 0 Å². The molecule has 1 aliphatic rings. The first-order chi connectivity index (χ1) is 8.22. The van der Waals surface area contributed by atoms with Gasteiger partial charge in [0.15, 0.2) is 5.15 Å². The molecule has 0 amide bonds. The third-order valence-corrected chi connectivity index (χ3v) is 3.94. The van der Waals surface area contributed by atoms with E-state index in [0.717, 1.165) is 17.8 Å².